The molecular formula is C9H14N2O2S. The van der Waals surface area contributed by atoms with Crippen molar-refractivity contribution >= 4 is 22.4 Å². The van der Waals surface area contributed by atoms with Crippen LogP contribution >= 0.6 is 11.3 Å². The van der Waals surface area contributed by atoms with E-state index in [1.54, 1.807) is 13.8 Å². The summed E-state index contributed by atoms with van der Waals surface area (Å²) in [5, 5.41) is 14.4. The molecular weight excluding hydrogens is 200 g/mol. The highest BCUT2D eigenvalue weighted by atomic mass is 32.1. The van der Waals surface area contributed by atoms with Crippen molar-refractivity contribution in [3.05, 3.63) is 11.1 Å². The third-order valence-electron chi connectivity index (χ3n) is 1.87. The Balaban J connectivity index is 2.73. The maximum Gasteiger partial charge on any atom is 0.328 e. The third-order valence-corrected chi connectivity index (χ3v) is 2.67. The second-order valence-corrected chi connectivity index (χ2v) is 4.41. The van der Waals surface area contributed by atoms with Crippen molar-refractivity contribution < 1.29 is 9.90 Å². The Bertz CT molecular complexity index is 333. The summed E-state index contributed by atoms with van der Waals surface area (Å²) in [5.74, 6) is -0.884. The van der Waals surface area contributed by atoms with E-state index in [2.05, 4.69) is 10.3 Å². The van der Waals surface area contributed by atoms with Gasteiger partial charge in [0.2, 0.25) is 0 Å². The van der Waals surface area contributed by atoms with E-state index >= 15 is 0 Å². The molecule has 1 aromatic rings. The predicted octanol–water partition coefficient (Wildman–Crippen LogP) is 1.98. The number of aryl methyl sites for hydroxylation is 1. The van der Waals surface area contributed by atoms with Gasteiger partial charge in [0.1, 0.15) is 5.54 Å². The molecule has 0 aromatic carbocycles. The summed E-state index contributed by atoms with van der Waals surface area (Å²) in [6, 6.07) is 0. The number of nitrogens with zero attached hydrogens (tertiary/aromatic N) is 1. The van der Waals surface area contributed by atoms with E-state index in [1.807, 2.05) is 12.3 Å². The van der Waals surface area contributed by atoms with E-state index in [0.717, 1.165) is 12.1 Å². The highest BCUT2D eigenvalue weighted by Crippen LogP contribution is 2.20. The van der Waals surface area contributed by atoms with Gasteiger partial charge in [-0.15, -0.1) is 11.3 Å². The minimum absolute atomic E-state index is 0.661. The van der Waals surface area contributed by atoms with E-state index in [9.17, 15) is 4.79 Å². The smallest absolute Gasteiger partial charge is 0.328 e. The molecule has 0 spiro atoms. The van der Waals surface area contributed by atoms with E-state index in [1.165, 1.54) is 11.3 Å². The zero-order valence-electron chi connectivity index (χ0n) is 8.50. The van der Waals surface area contributed by atoms with Gasteiger partial charge in [-0.25, -0.2) is 9.78 Å². The highest BCUT2D eigenvalue weighted by molar-refractivity contribution is 7.13. The number of carboxylic acid groups (broad SMARTS) is 1. The molecule has 0 bridgehead atoms. The maximum absolute atomic E-state index is 10.8. The number of anilines is 1. The first-order chi connectivity index (χ1) is 6.45. The van der Waals surface area contributed by atoms with Crippen LogP contribution in [0.25, 0.3) is 0 Å². The molecule has 1 heterocycles. The van der Waals surface area contributed by atoms with Crippen LogP contribution in [-0.4, -0.2) is 21.6 Å². The molecule has 0 saturated carbocycles. The first-order valence-corrected chi connectivity index (χ1v) is 5.29. The maximum atomic E-state index is 10.8. The largest absolute Gasteiger partial charge is 0.480 e. The van der Waals surface area contributed by atoms with E-state index in [0.29, 0.717) is 5.13 Å². The Kier molecular flexibility index (Phi) is 3.10. The normalized spacial score (nSPS) is 11.4. The van der Waals surface area contributed by atoms with Gasteiger partial charge in [0, 0.05) is 5.38 Å². The Morgan fingerprint density at radius 2 is 2.36 bits per heavy atom. The topological polar surface area (TPSA) is 62.2 Å². The van der Waals surface area contributed by atoms with Gasteiger partial charge in [0.15, 0.2) is 5.13 Å². The second-order valence-electron chi connectivity index (χ2n) is 3.55. The summed E-state index contributed by atoms with van der Waals surface area (Å²) in [7, 11) is 0. The molecule has 0 unspecified atom stereocenters. The van der Waals surface area contributed by atoms with Gasteiger partial charge in [-0.3, -0.25) is 0 Å². The van der Waals surface area contributed by atoms with Crippen LogP contribution in [0.4, 0.5) is 5.13 Å². The van der Waals surface area contributed by atoms with Crippen molar-refractivity contribution in [1.82, 2.24) is 4.98 Å². The standard InChI is InChI=1S/C9H14N2O2S/c1-4-6-5-14-8(10-6)11-9(2,3)7(12)13/h5H,4H2,1-3H3,(H,10,11)(H,12,13). The average Bonchev–Trinajstić information content (AvgIpc) is 2.51. The monoisotopic (exact) mass is 214 g/mol. The third kappa shape index (κ3) is 2.45. The molecule has 4 nitrogen and oxygen atoms in total. The van der Waals surface area contributed by atoms with Crippen molar-refractivity contribution in [2.24, 2.45) is 0 Å². The van der Waals surface area contributed by atoms with Crippen LogP contribution < -0.4 is 5.32 Å². The molecule has 14 heavy (non-hydrogen) atoms. The van der Waals surface area contributed by atoms with E-state index < -0.39 is 11.5 Å². The van der Waals surface area contributed by atoms with Crippen molar-refractivity contribution in [3.63, 3.8) is 0 Å². The summed E-state index contributed by atoms with van der Waals surface area (Å²) in [6.07, 6.45) is 0.867. The van der Waals surface area contributed by atoms with E-state index in [4.69, 9.17) is 5.11 Å². The lowest BCUT2D eigenvalue weighted by atomic mass is 10.1. The molecule has 5 heteroatoms. The van der Waals surface area contributed by atoms with Gasteiger partial charge in [-0.05, 0) is 20.3 Å². The zero-order valence-corrected chi connectivity index (χ0v) is 9.31. The van der Waals surface area contributed by atoms with Crippen LogP contribution in [0.15, 0.2) is 5.38 Å². The lowest BCUT2D eigenvalue weighted by molar-refractivity contribution is -0.141. The fourth-order valence-electron chi connectivity index (χ4n) is 0.848. The minimum atomic E-state index is -0.969. The summed E-state index contributed by atoms with van der Waals surface area (Å²) in [4.78, 5) is 15.1. The molecule has 0 saturated heterocycles. The van der Waals surface area contributed by atoms with Gasteiger partial charge in [-0.2, -0.15) is 0 Å². The van der Waals surface area contributed by atoms with Crippen molar-refractivity contribution in [2.45, 2.75) is 32.7 Å². The molecule has 0 amide bonds. The molecule has 0 fully saturated rings. The van der Waals surface area contributed by atoms with Crippen molar-refractivity contribution in [2.75, 3.05) is 5.32 Å². The van der Waals surface area contributed by atoms with Crippen molar-refractivity contribution in [1.29, 1.82) is 0 Å². The highest BCUT2D eigenvalue weighted by Gasteiger charge is 2.27. The van der Waals surface area contributed by atoms with Gasteiger partial charge in [0.25, 0.3) is 0 Å². The second kappa shape index (κ2) is 3.96. The SMILES string of the molecule is CCc1csc(NC(C)(C)C(=O)O)n1. The molecule has 0 aliphatic heterocycles. The number of hydrogen-bond donors (Lipinski definition) is 2. The molecule has 0 aliphatic rings. The molecule has 1 rings (SSSR count). The summed E-state index contributed by atoms with van der Waals surface area (Å²) in [5.41, 5.74) is 0.0155. The van der Waals surface area contributed by atoms with Crippen LogP contribution in [0.5, 0.6) is 0 Å². The molecule has 0 radical (unpaired) electrons. The summed E-state index contributed by atoms with van der Waals surface area (Å²) < 4.78 is 0. The number of carboxylic acids is 1. The Labute approximate surface area is 87.0 Å². The number of nitrogens with one attached hydrogen (secondary N) is 1. The Morgan fingerprint density at radius 3 is 2.79 bits per heavy atom. The fourth-order valence-corrected chi connectivity index (χ4v) is 1.80. The quantitative estimate of drug-likeness (QED) is 0.804. The first kappa shape index (κ1) is 11.0. The molecule has 2 N–H and O–H groups in total. The number of carbonyl (C=O) groups is 1. The molecule has 78 valence electrons. The van der Waals surface area contributed by atoms with Crippen LogP contribution in [0, 0.1) is 0 Å². The molecule has 1 aromatic heterocycles. The van der Waals surface area contributed by atoms with Crippen LogP contribution in [0.2, 0.25) is 0 Å². The van der Waals surface area contributed by atoms with Crippen LogP contribution in [-0.2, 0) is 11.2 Å². The number of rotatable bonds is 4. The number of aliphatic carboxylic acids is 1. The Hall–Kier alpha value is -1.10. The predicted molar refractivity (Wildman–Crippen MR) is 56.8 cm³/mol. The molecule has 0 atom stereocenters. The average molecular weight is 214 g/mol. The van der Waals surface area contributed by atoms with Crippen LogP contribution in [0.1, 0.15) is 26.5 Å². The fraction of sp³-hybridized carbons (Fsp3) is 0.556. The number of aromatic nitrogens is 1. The number of thiazole rings is 1. The minimum Gasteiger partial charge on any atom is -0.480 e. The van der Waals surface area contributed by atoms with Crippen molar-refractivity contribution in [3.8, 4) is 0 Å². The van der Waals surface area contributed by atoms with E-state index in [-0.39, 0.29) is 0 Å². The Morgan fingerprint density at radius 1 is 1.71 bits per heavy atom. The van der Waals surface area contributed by atoms with Gasteiger partial charge in [0.05, 0.1) is 5.69 Å². The summed E-state index contributed by atoms with van der Waals surface area (Å²) >= 11 is 1.43. The van der Waals surface area contributed by atoms with Crippen LogP contribution in [0.3, 0.4) is 0 Å². The lowest BCUT2D eigenvalue weighted by Gasteiger charge is -2.19. The summed E-state index contributed by atoms with van der Waals surface area (Å²) in [6.45, 7) is 5.24. The first-order valence-electron chi connectivity index (χ1n) is 4.41. The lowest BCUT2D eigenvalue weighted by Crippen LogP contribution is -2.39. The van der Waals surface area contributed by atoms with Gasteiger partial charge < -0.3 is 10.4 Å². The number of hydrogen-bond acceptors (Lipinski definition) is 4. The van der Waals surface area contributed by atoms with Gasteiger partial charge in [-0.1, -0.05) is 6.92 Å². The zero-order chi connectivity index (χ0) is 10.8. The van der Waals surface area contributed by atoms with Gasteiger partial charge >= 0.3 is 5.97 Å². The molecule has 0 aliphatic carbocycles.